The Labute approximate surface area is 163 Å². The molecule has 148 valence electrons. The van der Waals surface area contributed by atoms with Gasteiger partial charge in [-0.25, -0.2) is 4.79 Å². The van der Waals surface area contributed by atoms with Gasteiger partial charge in [-0.3, -0.25) is 9.59 Å². The number of ether oxygens (including phenoxy) is 1. The average molecular weight is 384 g/mol. The number of anilines is 1. The zero-order valence-corrected chi connectivity index (χ0v) is 16.1. The van der Waals surface area contributed by atoms with Crippen LogP contribution < -0.4 is 15.4 Å². The number of carbonyl (C=O) groups is 3. The van der Waals surface area contributed by atoms with Crippen LogP contribution in [0.5, 0.6) is 5.75 Å². The van der Waals surface area contributed by atoms with E-state index in [1.807, 2.05) is 20.8 Å². The van der Waals surface area contributed by atoms with Crippen LogP contribution in [-0.2, 0) is 4.79 Å². The predicted octanol–water partition coefficient (Wildman–Crippen LogP) is 3.18. The van der Waals surface area contributed by atoms with Gasteiger partial charge in [0.05, 0.1) is 0 Å². The van der Waals surface area contributed by atoms with Crippen LogP contribution in [0.3, 0.4) is 0 Å². The van der Waals surface area contributed by atoms with Gasteiger partial charge < -0.3 is 20.5 Å². The van der Waals surface area contributed by atoms with Gasteiger partial charge in [0.2, 0.25) is 0 Å². The van der Waals surface area contributed by atoms with Crippen LogP contribution >= 0.6 is 0 Å². The molecule has 0 aliphatic carbocycles. The van der Waals surface area contributed by atoms with Crippen LogP contribution in [0, 0.1) is 5.41 Å². The summed E-state index contributed by atoms with van der Waals surface area (Å²) in [6, 6.07) is 12.8. The van der Waals surface area contributed by atoms with Crippen LogP contribution in [0.1, 0.15) is 41.5 Å². The van der Waals surface area contributed by atoms with Gasteiger partial charge in [0.15, 0.2) is 6.61 Å². The van der Waals surface area contributed by atoms with Crippen LogP contribution in [0.25, 0.3) is 0 Å². The molecule has 0 spiro atoms. The van der Waals surface area contributed by atoms with Gasteiger partial charge in [0.1, 0.15) is 5.75 Å². The first kappa shape index (κ1) is 21.0. The average Bonchev–Trinajstić information content (AvgIpc) is 2.64. The van der Waals surface area contributed by atoms with E-state index >= 15 is 0 Å². The number of carboxylic acid groups (broad SMARTS) is 1. The van der Waals surface area contributed by atoms with Crippen LogP contribution in [0.4, 0.5) is 5.69 Å². The van der Waals surface area contributed by atoms with E-state index in [4.69, 9.17) is 9.84 Å². The molecule has 0 unspecified atom stereocenters. The summed E-state index contributed by atoms with van der Waals surface area (Å²) in [5, 5.41) is 14.2. The SMILES string of the molecule is CC(C)(C)CNC(=O)c1ccc(C(=O)Nc2cccc(OCC(=O)O)c2)cc1. The third-order valence-electron chi connectivity index (χ3n) is 3.64. The second-order valence-electron chi connectivity index (χ2n) is 7.49. The Hall–Kier alpha value is -3.35. The fourth-order valence-electron chi connectivity index (χ4n) is 2.23. The van der Waals surface area contributed by atoms with Gasteiger partial charge in [0, 0.05) is 29.4 Å². The zero-order valence-electron chi connectivity index (χ0n) is 16.1. The van der Waals surface area contributed by atoms with E-state index in [1.165, 1.54) is 6.07 Å². The summed E-state index contributed by atoms with van der Waals surface area (Å²) in [7, 11) is 0. The lowest BCUT2D eigenvalue weighted by Gasteiger charge is -2.18. The quantitative estimate of drug-likeness (QED) is 0.680. The summed E-state index contributed by atoms with van der Waals surface area (Å²) in [6.45, 7) is 6.18. The summed E-state index contributed by atoms with van der Waals surface area (Å²) < 4.78 is 5.09. The molecule has 3 N–H and O–H groups in total. The molecular formula is C21H24N2O5. The van der Waals surface area contributed by atoms with Crippen molar-refractivity contribution < 1.29 is 24.2 Å². The summed E-state index contributed by atoms with van der Waals surface area (Å²) in [5.74, 6) is -1.28. The number of benzene rings is 2. The Kier molecular flexibility index (Phi) is 6.76. The van der Waals surface area contributed by atoms with E-state index in [1.54, 1.807) is 42.5 Å². The Morgan fingerprint density at radius 3 is 2.14 bits per heavy atom. The molecule has 0 atom stereocenters. The molecule has 7 heteroatoms. The van der Waals surface area contributed by atoms with Crippen molar-refractivity contribution in [3.8, 4) is 5.75 Å². The van der Waals surface area contributed by atoms with Gasteiger partial charge in [-0.1, -0.05) is 26.8 Å². The minimum Gasteiger partial charge on any atom is -0.482 e. The second-order valence-corrected chi connectivity index (χ2v) is 7.49. The molecule has 0 aromatic heterocycles. The zero-order chi connectivity index (χ0) is 20.7. The normalized spacial score (nSPS) is 10.8. The lowest BCUT2D eigenvalue weighted by atomic mass is 9.97. The first-order chi connectivity index (χ1) is 13.1. The topological polar surface area (TPSA) is 105 Å². The molecule has 0 bridgehead atoms. The molecule has 28 heavy (non-hydrogen) atoms. The number of hydrogen-bond acceptors (Lipinski definition) is 4. The minimum absolute atomic E-state index is 0.0157. The number of aliphatic carboxylic acids is 1. The van der Waals surface area contributed by atoms with Gasteiger partial charge in [-0.05, 0) is 41.8 Å². The first-order valence-corrected chi connectivity index (χ1v) is 8.78. The summed E-state index contributed by atoms with van der Waals surface area (Å²) in [6.07, 6.45) is 0. The fraction of sp³-hybridized carbons (Fsp3) is 0.286. The Bertz CT molecular complexity index is 854. The Morgan fingerprint density at radius 2 is 1.57 bits per heavy atom. The Morgan fingerprint density at radius 1 is 0.964 bits per heavy atom. The summed E-state index contributed by atoms with van der Waals surface area (Å²) >= 11 is 0. The summed E-state index contributed by atoms with van der Waals surface area (Å²) in [5.41, 5.74) is 1.33. The molecule has 2 aromatic rings. The molecule has 0 saturated carbocycles. The van der Waals surface area contributed by atoms with E-state index in [9.17, 15) is 14.4 Å². The number of nitrogens with one attached hydrogen (secondary N) is 2. The van der Waals surface area contributed by atoms with E-state index in [2.05, 4.69) is 10.6 Å². The molecular weight excluding hydrogens is 360 g/mol. The van der Waals surface area contributed by atoms with Crippen molar-refractivity contribution in [1.29, 1.82) is 0 Å². The van der Waals surface area contributed by atoms with Gasteiger partial charge >= 0.3 is 5.97 Å². The number of amides is 2. The van der Waals surface area contributed by atoms with Crippen molar-refractivity contribution in [1.82, 2.24) is 5.32 Å². The van der Waals surface area contributed by atoms with Gasteiger partial charge in [-0.15, -0.1) is 0 Å². The lowest BCUT2D eigenvalue weighted by Crippen LogP contribution is -2.32. The highest BCUT2D eigenvalue weighted by atomic mass is 16.5. The van der Waals surface area contributed by atoms with Crippen molar-refractivity contribution in [3.05, 3.63) is 59.7 Å². The third-order valence-corrected chi connectivity index (χ3v) is 3.64. The predicted molar refractivity (Wildman–Crippen MR) is 106 cm³/mol. The van der Waals surface area contributed by atoms with Crippen molar-refractivity contribution in [3.63, 3.8) is 0 Å². The van der Waals surface area contributed by atoms with Crippen molar-refractivity contribution in [2.24, 2.45) is 5.41 Å². The molecule has 0 radical (unpaired) electrons. The monoisotopic (exact) mass is 384 g/mol. The van der Waals surface area contributed by atoms with E-state index < -0.39 is 12.6 Å². The molecule has 0 aliphatic rings. The Balaban J connectivity index is 1.98. The van der Waals surface area contributed by atoms with Crippen molar-refractivity contribution in [2.45, 2.75) is 20.8 Å². The molecule has 0 saturated heterocycles. The van der Waals surface area contributed by atoms with E-state index in [-0.39, 0.29) is 17.2 Å². The second kappa shape index (κ2) is 9.03. The number of carboxylic acids is 1. The molecule has 0 aliphatic heterocycles. The smallest absolute Gasteiger partial charge is 0.341 e. The highest BCUT2D eigenvalue weighted by Crippen LogP contribution is 2.18. The number of carbonyl (C=O) groups excluding carboxylic acids is 2. The molecule has 2 amide bonds. The minimum atomic E-state index is -1.08. The highest BCUT2D eigenvalue weighted by Gasteiger charge is 2.14. The molecule has 2 aromatic carbocycles. The largest absolute Gasteiger partial charge is 0.482 e. The first-order valence-electron chi connectivity index (χ1n) is 8.78. The maximum Gasteiger partial charge on any atom is 0.341 e. The standard InChI is InChI=1S/C21H24N2O5/c1-21(2,3)13-22-19(26)14-7-9-15(10-8-14)20(27)23-16-5-4-6-17(11-16)28-12-18(24)25/h4-11H,12-13H2,1-3H3,(H,22,26)(H,23,27)(H,24,25). The highest BCUT2D eigenvalue weighted by molar-refractivity contribution is 6.05. The maximum absolute atomic E-state index is 12.4. The molecule has 2 rings (SSSR count). The molecule has 0 heterocycles. The fourth-order valence-corrected chi connectivity index (χ4v) is 2.23. The van der Waals surface area contributed by atoms with Gasteiger partial charge in [-0.2, -0.15) is 0 Å². The van der Waals surface area contributed by atoms with Gasteiger partial charge in [0.25, 0.3) is 11.8 Å². The maximum atomic E-state index is 12.4. The van der Waals surface area contributed by atoms with Crippen molar-refractivity contribution >= 4 is 23.5 Å². The van der Waals surface area contributed by atoms with E-state index in [0.29, 0.717) is 29.1 Å². The summed E-state index contributed by atoms with van der Waals surface area (Å²) in [4.78, 5) is 35.1. The van der Waals surface area contributed by atoms with Crippen LogP contribution in [-0.4, -0.2) is 36.0 Å². The van der Waals surface area contributed by atoms with Crippen LogP contribution in [0.2, 0.25) is 0 Å². The van der Waals surface area contributed by atoms with Crippen molar-refractivity contribution in [2.75, 3.05) is 18.5 Å². The lowest BCUT2D eigenvalue weighted by molar-refractivity contribution is -0.139. The third kappa shape index (κ3) is 6.75. The molecule has 0 fully saturated rings. The van der Waals surface area contributed by atoms with Crippen LogP contribution in [0.15, 0.2) is 48.5 Å². The number of rotatable bonds is 7. The van der Waals surface area contributed by atoms with E-state index in [0.717, 1.165) is 0 Å². The molecule has 7 nitrogen and oxygen atoms in total. The number of hydrogen-bond donors (Lipinski definition) is 3.